The number of hydrogen-bond donors (Lipinski definition) is 1. The lowest BCUT2D eigenvalue weighted by Gasteiger charge is -2.16. The molecule has 9 nitrogen and oxygen atoms in total. The maximum Gasteiger partial charge on any atom is 0.573 e. The van der Waals surface area contributed by atoms with E-state index in [1.165, 1.54) is 46.6 Å². The van der Waals surface area contributed by atoms with Crippen molar-refractivity contribution in [2.45, 2.75) is 52.8 Å². The van der Waals surface area contributed by atoms with Crippen LogP contribution in [-0.4, -0.2) is 45.4 Å². The number of urea groups is 1. The third kappa shape index (κ3) is 8.71. The van der Waals surface area contributed by atoms with Crippen LogP contribution in [0, 0.1) is 12.8 Å². The molecule has 0 radical (unpaired) electrons. The molecule has 2 heterocycles. The number of aryl methyl sites for hydroxylation is 1. The lowest BCUT2D eigenvalue weighted by Crippen LogP contribution is -2.26. The van der Waals surface area contributed by atoms with Crippen LogP contribution in [0.25, 0.3) is 22.8 Å². The summed E-state index contributed by atoms with van der Waals surface area (Å²) in [5, 5.41) is 9.40. The standard InChI is InChI=1S/C35H37F3N6O3S/c1-22(2)30-19-29(46-5)14-15-31(30)44-24(4)20-48-34(44)41-33(45)39-17-16-23(3)18-25-6-8-26(9-7-25)32-40-21-43(42-32)27-10-12-28(13-11-27)47-35(36,37)38/h6-15,19-23H,16-18H2,1-5H3,(H,39,45). The zero-order valence-corrected chi connectivity index (χ0v) is 28.1. The molecule has 1 atom stereocenters. The van der Waals surface area contributed by atoms with E-state index in [4.69, 9.17) is 4.74 Å². The Labute approximate surface area is 280 Å². The Bertz CT molecular complexity index is 1910. The molecule has 48 heavy (non-hydrogen) atoms. The van der Waals surface area contributed by atoms with Gasteiger partial charge in [-0.3, -0.25) is 4.57 Å². The second kappa shape index (κ2) is 14.9. The largest absolute Gasteiger partial charge is 0.573 e. The summed E-state index contributed by atoms with van der Waals surface area (Å²) in [6, 6.07) is 18.9. The van der Waals surface area contributed by atoms with E-state index >= 15 is 0 Å². The number of benzene rings is 3. The number of carbonyl (C=O) groups is 1. The minimum Gasteiger partial charge on any atom is -0.497 e. The van der Waals surface area contributed by atoms with Gasteiger partial charge in [-0.15, -0.1) is 29.6 Å². The molecule has 1 unspecified atom stereocenters. The predicted octanol–water partition coefficient (Wildman–Crippen LogP) is 8.00. The van der Waals surface area contributed by atoms with E-state index in [9.17, 15) is 18.0 Å². The summed E-state index contributed by atoms with van der Waals surface area (Å²) in [5.74, 6) is 1.53. The molecule has 0 aliphatic heterocycles. The van der Waals surface area contributed by atoms with Gasteiger partial charge in [0.05, 0.1) is 18.5 Å². The van der Waals surface area contributed by atoms with E-state index in [1.807, 2.05) is 59.3 Å². The van der Waals surface area contributed by atoms with Gasteiger partial charge in [-0.1, -0.05) is 45.0 Å². The van der Waals surface area contributed by atoms with E-state index in [1.54, 1.807) is 7.11 Å². The second-order valence-electron chi connectivity index (χ2n) is 11.8. The highest BCUT2D eigenvalue weighted by atomic mass is 32.1. The molecule has 5 rings (SSSR count). The zero-order valence-electron chi connectivity index (χ0n) is 27.3. The number of alkyl halides is 3. The van der Waals surface area contributed by atoms with Crippen molar-refractivity contribution in [2.24, 2.45) is 10.9 Å². The first-order valence-corrected chi connectivity index (χ1v) is 16.3. The topological polar surface area (TPSA) is 95.6 Å². The van der Waals surface area contributed by atoms with Crippen molar-refractivity contribution in [3.8, 4) is 34.3 Å². The van der Waals surface area contributed by atoms with Crippen LogP contribution in [0.5, 0.6) is 11.5 Å². The molecule has 0 aliphatic rings. The van der Waals surface area contributed by atoms with E-state index < -0.39 is 6.36 Å². The monoisotopic (exact) mass is 678 g/mol. The van der Waals surface area contributed by atoms with Crippen LogP contribution in [-0.2, 0) is 6.42 Å². The number of carbonyl (C=O) groups excluding carboxylic acids is 1. The van der Waals surface area contributed by atoms with Gasteiger partial charge in [0.1, 0.15) is 17.8 Å². The molecule has 0 spiro atoms. The van der Waals surface area contributed by atoms with Gasteiger partial charge in [0.2, 0.25) is 0 Å². The van der Waals surface area contributed by atoms with Crippen molar-refractivity contribution < 1.29 is 27.4 Å². The van der Waals surface area contributed by atoms with Crippen molar-refractivity contribution in [1.82, 2.24) is 24.6 Å². The van der Waals surface area contributed by atoms with Crippen molar-refractivity contribution in [3.05, 3.63) is 100 Å². The number of amides is 2. The SMILES string of the molecule is COc1ccc(-n2c(C)csc2=NC(=O)NCCC(C)Cc2ccc(-c3ncn(-c4ccc(OC(F)(F)F)cc4)n3)cc2)c(C(C)C)c1. The minimum absolute atomic E-state index is 0.251. The molecule has 13 heteroatoms. The molecule has 2 aromatic heterocycles. The Morgan fingerprint density at radius 2 is 1.73 bits per heavy atom. The number of nitrogens with zero attached hydrogens (tertiary/aromatic N) is 5. The summed E-state index contributed by atoms with van der Waals surface area (Å²) < 4.78 is 50.2. The number of nitrogens with one attached hydrogen (secondary N) is 1. The summed E-state index contributed by atoms with van der Waals surface area (Å²) in [4.78, 5) is 22.2. The van der Waals surface area contributed by atoms with Crippen LogP contribution < -0.4 is 19.6 Å². The quantitative estimate of drug-likeness (QED) is 0.153. The first-order valence-electron chi connectivity index (χ1n) is 15.5. The number of rotatable bonds is 11. The van der Waals surface area contributed by atoms with E-state index in [-0.39, 0.29) is 17.7 Å². The number of methoxy groups -OCH3 is 1. The maximum absolute atomic E-state index is 12.8. The lowest BCUT2D eigenvalue weighted by atomic mass is 9.97. The number of aromatic nitrogens is 4. The van der Waals surface area contributed by atoms with Gasteiger partial charge >= 0.3 is 12.4 Å². The van der Waals surface area contributed by atoms with Gasteiger partial charge in [0.25, 0.3) is 0 Å². The van der Waals surface area contributed by atoms with Crippen molar-refractivity contribution in [2.75, 3.05) is 13.7 Å². The van der Waals surface area contributed by atoms with Gasteiger partial charge < -0.3 is 14.8 Å². The van der Waals surface area contributed by atoms with Gasteiger partial charge in [0, 0.05) is 23.2 Å². The molecule has 2 amide bonds. The Balaban J connectivity index is 1.15. The third-order valence-electron chi connectivity index (χ3n) is 7.71. The Morgan fingerprint density at radius 3 is 2.40 bits per heavy atom. The Kier molecular flexibility index (Phi) is 10.7. The highest BCUT2D eigenvalue weighted by Gasteiger charge is 2.31. The van der Waals surface area contributed by atoms with Crippen LogP contribution in [0.3, 0.4) is 0 Å². The normalized spacial score (nSPS) is 12.7. The maximum atomic E-state index is 12.8. The predicted molar refractivity (Wildman–Crippen MR) is 179 cm³/mol. The molecule has 0 saturated carbocycles. The number of ether oxygens (including phenoxy) is 2. The summed E-state index contributed by atoms with van der Waals surface area (Å²) in [6.45, 7) is 8.89. The van der Waals surface area contributed by atoms with Gasteiger partial charge in [0.15, 0.2) is 10.6 Å². The molecule has 0 aliphatic carbocycles. The highest BCUT2D eigenvalue weighted by molar-refractivity contribution is 7.07. The first kappa shape index (κ1) is 34.4. The molecular weight excluding hydrogens is 641 g/mol. The fourth-order valence-corrected chi connectivity index (χ4v) is 6.12. The van der Waals surface area contributed by atoms with Gasteiger partial charge in [-0.25, -0.2) is 14.5 Å². The Hall–Kier alpha value is -4.91. The second-order valence-corrected chi connectivity index (χ2v) is 12.6. The highest BCUT2D eigenvalue weighted by Crippen LogP contribution is 2.28. The summed E-state index contributed by atoms with van der Waals surface area (Å²) in [7, 11) is 1.65. The molecular formula is C35H37F3N6O3S. The van der Waals surface area contributed by atoms with Crippen LogP contribution in [0.2, 0.25) is 0 Å². The molecule has 0 saturated heterocycles. The van der Waals surface area contributed by atoms with Crippen molar-refractivity contribution >= 4 is 17.4 Å². The average molecular weight is 679 g/mol. The summed E-state index contributed by atoms with van der Waals surface area (Å²) in [6.07, 6.45) is -1.64. The Morgan fingerprint density at radius 1 is 1.02 bits per heavy atom. The summed E-state index contributed by atoms with van der Waals surface area (Å²) in [5.41, 5.74) is 5.58. The number of thiazole rings is 1. The average Bonchev–Trinajstić information content (AvgIpc) is 3.67. The third-order valence-corrected chi connectivity index (χ3v) is 8.65. The van der Waals surface area contributed by atoms with E-state index in [0.717, 1.165) is 46.7 Å². The summed E-state index contributed by atoms with van der Waals surface area (Å²) >= 11 is 1.43. The smallest absolute Gasteiger partial charge is 0.497 e. The van der Waals surface area contributed by atoms with Gasteiger partial charge in [-0.2, -0.15) is 4.99 Å². The molecule has 3 aromatic carbocycles. The van der Waals surface area contributed by atoms with E-state index in [0.29, 0.717) is 28.8 Å². The molecule has 1 N–H and O–H groups in total. The minimum atomic E-state index is -4.75. The molecule has 0 bridgehead atoms. The van der Waals surface area contributed by atoms with Gasteiger partial charge in [-0.05, 0) is 85.2 Å². The molecule has 252 valence electrons. The lowest BCUT2D eigenvalue weighted by molar-refractivity contribution is -0.274. The van der Waals surface area contributed by atoms with Crippen LogP contribution in [0.4, 0.5) is 18.0 Å². The van der Waals surface area contributed by atoms with Crippen LogP contribution in [0.1, 0.15) is 49.9 Å². The van der Waals surface area contributed by atoms with Crippen molar-refractivity contribution in [1.29, 1.82) is 0 Å². The van der Waals surface area contributed by atoms with E-state index in [2.05, 4.69) is 45.9 Å². The van der Waals surface area contributed by atoms with Crippen LogP contribution in [0.15, 0.2) is 83.4 Å². The fraction of sp³-hybridized carbons (Fsp3) is 0.314. The molecule has 5 aromatic rings. The zero-order chi connectivity index (χ0) is 34.4. The van der Waals surface area contributed by atoms with Crippen LogP contribution >= 0.6 is 11.3 Å². The number of hydrogen-bond acceptors (Lipinski definition) is 6. The van der Waals surface area contributed by atoms with Crippen molar-refractivity contribution in [3.63, 3.8) is 0 Å². The molecule has 0 fully saturated rings. The first-order chi connectivity index (χ1) is 22.9. The number of halogens is 3. The fourth-order valence-electron chi connectivity index (χ4n) is 5.26.